The molecular weight excluding hydrogens is 439 g/mol. The number of rotatable bonds is 5. The molecule has 7 heteroatoms. The molecule has 0 aliphatic carbocycles. The zero-order chi connectivity index (χ0) is 17.9. The van der Waals surface area contributed by atoms with Crippen LogP contribution in [-0.4, -0.2) is 32.2 Å². The Morgan fingerprint density at radius 3 is 2.33 bits per heavy atom. The Balaban J connectivity index is 2.09. The number of anilines is 1. The lowest BCUT2D eigenvalue weighted by atomic mass is 10.2. The predicted octanol–water partition coefficient (Wildman–Crippen LogP) is 3.17. The highest BCUT2D eigenvalue weighted by Crippen LogP contribution is 2.18. The molecule has 0 saturated carbocycles. The van der Waals surface area contributed by atoms with Crippen molar-refractivity contribution in [2.24, 2.45) is 0 Å². The Hall–Kier alpha value is -1.45. The summed E-state index contributed by atoms with van der Waals surface area (Å²) in [6.07, 6.45) is 0. The lowest BCUT2D eigenvalue weighted by molar-refractivity contribution is -0.116. The number of amides is 1. The van der Waals surface area contributed by atoms with Crippen LogP contribution in [0.2, 0.25) is 0 Å². The number of hydrogen-bond donors (Lipinski definition) is 1. The average Bonchev–Trinajstić information content (AvgIpc) is 2.50. The van der Waals surface area contributed by atoms with E-state index in [2.05, 4.69) is 27.9 Å². The molecule has 0 radical (unpaired) electrons. The summed E-state index contributed by atoms with van der Waals surface area (Å²) in [7, 11) is -2.29. The van der Waals surface area contributed by atoms with Crippen molar-refractivity contribution in [3.05, 3.63) is 57.2 Å². The molecule has 1 amide bonds. The van der Waals surface area contributed by atoms with E-state index in [0.717, 1.165) is 19.0 Å². The fourth-order valence-corrected chi connectivity index (χ4v) is 3.91. The van der Waals surface area contributed by atoms with Crippen molar-refractivity contribution in [3.63, 3.8) is 0 Å². The average molecular weight is 458 g/mol. The summed E-state index contributed by atoms with van der Waals surface area (Å²) in [4.78, 5) is 12.3. The molecule has 0 aromatic heterocycles. The SMILES string of the molecule is Cc1ccc(S(=O)(=O)N(C)CC(=O)Nc2ccc(I)cc2C)cc1. The third-order valence-electron chi connectivity index (χ3n) is 3.56. The van der Waals surface area contributed by atoms with E-state index < -0.39 is 10.0 Å². The van der Waals surface area contributed by atoms with Gasteiger partial charge in [0.05, 0.1) is 11.4 Å². The molecule has 0 atom stereocenters. The summed E-state index contributed by atoms with van der Waals surface area (Å²) in [5.74, 6) is -0.377. The van der Waals surface area contributed by atoms with Crippen molar-refractivity contribution < 1.29 is 13.2 Å². The molecule has 0 bridgehead atoms. The minimum atomic E-state index is -3.69. The van der Waals surface area contributed by atoms with Crippen LogP contribution in [0, 0.1) is 17.4 Å². The molecule has 0 heterocycles. The Morgan fingerprint density at radius 1 is 1.12 bits per heavy atom. The van der Waals surface area contributed by atoms with Crippen molar-refractivity contribution in [2.75, 3.05) is 18.9 Å². The lowest BCUT2D eigenvalue weighted by Gasteiger charge is -2.17. The summed E-state index contributed by atoms with van der Waals surface area (Å²) in [6, 6.07) is 12.2. The highest BCUT2D eigenvalue weighted by Gasteiger charge is 2.23. The van der Waals surface area contributed by atoms with E-state index >= 15 is 0 Å². The minimum absolute atomic E-state index is 0.175. The Morgan fingerprint density at radius 2 is 1.75 bits per heavy atom. The van der Waals surface area contributed by atoms with Crippen LogP contribution in [-0.2, 0) is 14.8 Å². The van der Waals surface area contributed by atoms with E-state index in [1.807, 2.05) is 32.0 Å². The van der Waals surface area contributed by atoms with Gasteiger partial charge in [0.2, 0.25) is 15.9 Å². The fourth-order valence-electron chi connectivity index (χ4n) is 2.13. The lowest BCUT2D eigenvalue weighted by Crippen LogP contribution is -2.35. The third kappa shape index (κ3) is 4.55. The molecule has 2 aromatic rings. The predicted molar refractivity (Wildman–Crippen MR) is 104 cm³/mol. The first-order valence-electron chi connectivity index (χ1n) is 7.29. The normalized spacial score (nSPS) is 11.5. The molecule has 2 aromatic carbocycles. The van der Waals surface area contributed by atoms with Gasteiger partial charge in [0.25, 0.3) is 0 Å². The third-order valence-corrected chi connectivity index (χ3v) is 6.05. The number of carbonyl (C=O) groups is 1. The highest BCUT2D eigenvalue weighted by atomic mass is 127. The summed E-state index contributed by atoms with van der Waals surface area (Å²) >= 11 is 2.19. The van der Waals surface area contributed by atoms with Gasteiger partial charge in [0.1, 0.15) is 0 Å². The molecule has 128 valence electrons. The second-order valence-electron chi connectivity index (χ2n) is 5.58. The van der Waals surface area contributed by atoms with Crippen LogP contribution in [0.1, 0.15) is 11.1 Å². The molecule has 1 N–H and O–H groups in total. The summed E-state index contributed by atoms with van der Waals surface area (Å²) < 4.78 is 27.1. The highest BCUT2D eigenvalue weighted by molar-refractivity contribution is 14.1. The van der Waals surface area contributed by atoms with E-state index in [0.29, 0.717) is 5.69 Å². The number of nitrogens with zero attached hydrogens (tertiary/aromatic N) is 1. The van der Waals surface area contributed by atoms with Crippen molar-refractivity contribution in [3.8, 4) is 0 Å². The van der Waals surface area contributed by atoms with Gasteiger partial charge in [-0.3, -0.25) is 4.79 Å². The fraction of sp³-hybridized carbons (Fsp3) is 0.235. The maximum Gasteiger partial charge on any atom is 0.243 e. The zero-order valence-corrected chi connectivity index (χ0v) is 16.7. The first-order valence-corrected chi connectivity index (χ1v) is 9.81. The first-order chi connectivity index (χ1) is 11.2. The molecule has 2 rings (SSSR count). The van der Waals surface area contributed by atoms with Crippen LogP contribution in [0.15, 0.2) is 47.4 Å². The first kappa shape index (κ1) is 18.9. The molecule has 5 nitrogen and oxygen atoms in total. The van der Waals surface area contributed by atoms with Gasteiger partial charge in [-0.15, -0.1) is 0 Å². The molecular formula is C17H19IN2O3S. The van der Waals surface area contributed by atoms with Gasteiger partial charge in [-0.2, -0.15) is 4.31 Å². The van der Waals surface area contributed by atoms with Gasteiger partial charge in [-0.25, -0.2) is 8.42 Å². The van der Waals surface area contributed by atoms with E-state index in [1.165, 1.54) is 7.05 Å². The maximum absolute atomic E-state index is 12.5. The standard InChI is InChI=1S/C17H19IN2O3S/c1-12-4-7-15(8-5-12)24(22,23)20(3)11-17(21)19-16-9-6-14(18)10-13(16)2/h4-10H,11H2,1-3H3,(H,19,21). The second kappa shape index (κ2) is 7.62. The number of nitrogens with one attached hydrogen (secondary N) is 1. The number of hydrogen-bond acceptors (Lipinski definition) is 3. The van der Waals surface area contributed by atoms with Crippen LogP contribution in [0.3, 0.4) is 0 Å². The van der Waals surface area contributed by atoms with Crippen molar-refractivity contribution in [2.45, 2.75) is 18.7 Å². The topological polar surface area (TPSA) is 66.5 Å². The largest absolute Gasteiger partial charge is 0.325 e. The van der Waals surface area contributed by atoms with Gasteiger partial charge >= 0.3 is 0 Å². The maximum atomic E-state index is 12.5. The Bertz CT molecular complexity index is 849. The molecule has 0 spiro atoms. The minimum Gasteiger partial charge on any atom is -0.325 e. The van der Waals surface area contributed by atoms with E-state index in [1.54, 1.807) is 24.3 Å². The molecule has 0 aliphatic rings. The quantitative estimate of drug-likeness (QED) is 0.701. The number of benzene rings is 2. The summed E-state index contributed by atoms with van der Waals surface area (Å²) in [6.45, 7) is 3.53. The second-order valence-corrected chi connectivity index (χ2v) is 8.87. The zero-order valence-electron chi connectivity index (χ0n) is 13.7. The van der Waals surface area contributed by atoms with Gasteiger partial charge in [0, 0.05) is 16.3 Å². The summed E-state index contributed by atoms with van der Waals surface area (Å²) in [5.41, 5.74) is 2.59. The number of carbonyl (C=O) groups excluding carboxylic acids is 1. The van der Waals surface area contributed by atoms with Crippen LogP contribution in [0.4, 0.5) is 5.69 Å². The van der Waals surface area contributed by atoms with Crippen LogP contribution in [0.25, 0.3) is 0 Å². The van der Waals surface area contributed by atoms with Gasteiger partial charge in [0.15, 0.2) is 0 Å². The van der Waals surface area contributed by atoms with Crippen LogP contribution >= 0.6 is 22.6 Å². The van der Waals surface area contributed by atoms with Crippen molar-refractivity contribution in [1.82, 2.24) is 4.31 Å². The Kier molecular flexibility index (Phi) is 6.00. The number of likely N-dealkylation sites (N-methyl/N-ethyl adjacent to an activating group) is 1. The van der Waals surface area contributed by atoms with Gasteiger partial charge in [-0.05, 0) is 72.3 Å². The Labute approximate surface area is 156 Å². The van der Waals surface area contributed by atoms with Crippen molar-refractivity contribution in [1.29, 1.82) is 0 Å². The smallest absolute Gasteiger partial charge is 0.243 e. The number of aryl methyl sites for hydroxylation is 2. The number of sulfonamides is 1. The van der Waals surface area contributed by atoms with E-state index in [9.17, 15) is 13.2 Å². The van der Waals surface area contributed by atoms with Crippen molar-refractivity contribution >= 4 is 44.2 Å². The van der Waals surface area contributed by atoms with Crippen LogP contribution in [0.5, 0.6) is 0 Å². The van der Waals surface area contributed by atoms with Gasteiger partial charge in [-0.1, -0.05) is 17.7 Å². The number of halogens is 1. The molecule has 24 heavy (non-hydrogen) atoms. The van der Waals surface area contributed by atoms with Crippen LogP contribution < -0.4 is 5.32 Å². The molecule has 0 aliphatic heterocycles. The van der Waals surface area contributed by atoms with Gasteiger partial charge < -0.3 is 5.32 Å². The molecule has 0 fully saturated rings. The summed E-state index contributed by atoms with van der Waals surface area (Å²) in [5, 5.41) is 2.75. The molecule has 0 saturated heterocycles. The van der Waals surface area contributed by atoms with E-state index in [-0.39, 0.29) is 17.3 Å². The molecule has 0 unspecified atom stereocenters. The van der Waals surface area contributed by atoms with E-state index in [4.69, 9.17) is 0 Å². The monoisotopic (exact) mass is 458 g/mol.